The third-order valence-corrected chi connectivity index (χ3v) is 2.44. The summed E-state index contributed by atoms with van der Waals surface area (Å²) in [6.07, 6.45) is 1.74. The maximum absolute atomic E-state index is 13.4. The lowest BCUT2D eigenvalue weighted by Gasteiger charge is -2.14. The number of rotatable bonds is 4. The molecule has 0 saturated carbocycles. The predicted molar refractivity (Wildman–Crippen MR) is 59.1 cm³/mol. The van der Waals surface area contributed by atoms with Gasteiger partial charge in [-0.15, -0.1) is 0 Å². The number of phenols is 1. The maximum Gasteiger partial charge on any atom is 0.131 e. The molecule has 1 rings (SSSR count). The van der Waals surface area contributed by atoms with Crippen molar-refractivity contribution in [3.05, 3.63) is 29.6 Å². The Morgan fingerprint density at radius 3 is 2.53 bits per heavy atom. The molecule has 2 nitrogen and oxygen atoms in total. The van der Waals surface area contributed by atoms with Gasteiger partial charge in [0.25, 0.3) is 0 Å². The number of aromatic hydroxyl groups is 1. The van der Waals surface area contributed by atoms with Crippen LogP contribution in [0.15, 0.2) is 18.2 Å². The number of hydrogen-bond donors (Lipinski definition) is 2. The second-order valence-corrected chi connectivity index (χ2v) is 4.28. The van der Waals surface area contributed by atoms with Crippen molar-refractivity contribution in [2.24, 2.45) is 11.7 Å². The molecule has 0 aliphatic carbocycles. The van der Waals surface area contributed by atoms with Crippen LogP contribution in [0.3, 0.4) is 0 Å². The van der Waals surface area contributed by atoms with Crippen LogP contribution in [0.5, 0.6) is 5.75 Å². The van der Waals surface area contributed by atoms with Gasteiger partial charge < -0.3 is 10.8 Å². The summed E-state index contributed by atoms with van der Waals surface area (Å²) in [6, 6.07) is 3.83. The molecular formula is C12H18FNO. The van der Waals surface area contributed by atoms with E-state index in [-0.39, 0.29) is 11.8 Å². The van der Waals surface area contributed by atoms with Gasteiger partial charge in [-0.25, -0.2) is 4.39 Å². The van der Waals surface area contributed by atoms with Crippen LogP contribution >= 0.6 is 0 Å². The van der Waals surface area contributed by atoms with Gasteiger partial charge in [0.1, 0.15) is 11.6 Å². The number of hydrogen-bond acceptors (Lipinski definition) is 2. The van der Waals surface area contributed by atoms with Gasteiger partial charge in [0.15, 0.2) is 0 Å². The molecule has 0 aliphatic heterocycles. The fraction of sp³-hybridized carbons (Fsp3) is 0.500. The summed E-state index contributed by atoms with van der Waals surface area (Å²) in [5.41, 5.74) is 6.35. The Hall–Kier alpha value is -1.09. The van der Waals surface area contributed by atoms with Crippen LogP contribution < -0.4 is 5.73 Å². The monoisotopic (exact) mass is 211 g/mol. The molecule has 0 amide bonds. The molecule has 0 saturated heterocycles. The summed E-state index contributed by atoms with van der Waals surface area (Å²) in [5.74, 6) is 0.0785. The van der Waals surface area contributed by atoms with Crippen molar-refractivity contribution in [3.8, 4) is 5.75 Å². The molecule has 1 aromatic carbocycles. The van der Waals surface area contributed by atoms with E-state index < -0.39 is 5.82 Å². The van der Waals surface area contributed by atoms with Crippen LogP contribution in [0.2, 0.25) is 0 Å². The Bertz CT molecular complexity index is 325. The fourth-order valence-corrected chi connectivity index (χ4v) is 1.49. The van der Waals surface area contributed by atoms with E-state index in [4.69, 9.17) is 10.8 Å². The van der Waals surface area contributed by atoms with Gasteiger partial charge in [-0.3, -0.25) is 0 Å². The van der Waals surface area contributed by atoms with Crippen LogP contribution in [0.4, 0.5) is 4.39 Å². The van der Waals surface area contributed by atoms with Gasteiger partial charge >= 0.3 is 0 Å². The van der Waals surface area contributed by atoms with Crippen molar-refractivity contribution in [3.63, 3.8) is 0 Å². The van der Waals surface area contributed by atoms with E-state index in [1.807, 2.05) is 0 Å². The maximum atomic E-state index is 13.4. The summed E-state index contributed by atoms with van der Waals surface area (Å²) < 4.78 is 13.4. The molecule has 15 heavy (non-hydrogen) atoms. The summed E-state index contributed by atoms with van der Waals surface area (Å²) in [6.45, 7) is 4.22. The SMILES string of the molecule is CC(C)CC[C@H](N)c1ccc(O)cc1F. The smallest absolute Gasteiger partial charge is 0.131 e. The first-order chi connectivity index (χ1) is 7.00. The fourth-order valence-electron chi connectivity index (χ4n) is 1.49. The number of benzene rings is 1. The van der Waals surface area contributed by atoms with Crippen molar-refractivity contribution >= 4 is 0 Å². The molecule has 0 fully saturated rings. The zero-order valence-electron chi connectivity index (χ0n) is 9.20. The molecular weight excluding hydrogens is 193 g/mol. The predicted octanol–water partition coefficient (Wildman–Crippen LogP) is 2.97. The standard InChI is InChI=1S/C12H18FNO/c1-8(2)3-6-12(14)10-5-4-9(15)7-11(10)13/h4-5,7-8,12,15H,3,6,14H2,1-2H3/t12-/m0/s1. The van der Waals surface area contributed by atoms with E-state index in [1.165, 1.54) is 6.07 Å². The van der Waals surface area contributed by atoms with Crippen molar-refractivity contribution in [2.45, 2.75) is 32.7 Å². The molecule has 84 valence electrons. The summed E-state index contributed by atoms with van der Waals surface area (Å²) in [5, 5.41) is 9.06. The summed E-state index contributed by atoms with van der Waals surface area (Å²) in [7, 11) is 0. The third kappa shape index (κ3) is 3.51. The Kier molecular flexibility index (Phi) is 4.09. The lowest BCUT2D eigenvalue weighted by Crippen LogP contribution is -2.12. The highest BCUT2D eigenvalue weighted by Gasteiger charge is 2.12. The van der Waals surface area contributed by atoms with Gasteiger partial charge in [0.2, 0.25) is 0 Å². The normalized spacial score (nSPS) is 13.1. The lowest BCUT2D eigenvalue weighted by atomic mass is 9.98. The number of halogens is 1. The van der Waals surface area contributed by atoms with Crippen LogP contribution in [0.25, 0.3) is 0 Å². The highest BCUT2D eigenvalue weighted by molar-refractivity contribution is 5.29. The topological polar surface area (TPSA) is 46.2 Å². The Morgan fingerprint density at radius 2 is 2.00 bits per heavy atom. The average Bonchev–Trinajstić information content (AvgIpc) is 2.14. The quantitative estimate of drug-likeness (QED) is 0.804. The minimum Gasteiger partial charge on any atom is -0.508 e. The van der Waals surface area contributed by atoms with Crippen LogP contribution in [-0.4, -0.2) is 5.11 Å². The number of phenolic OH excluding ortho intramolecular Hbond substituents is 1. The molecule has 1 aromatic rings. The molecule has 3 N–H and O–H groups in total. The number of nitrogens with two attached hydrogens (primary N) is 1. The highest BCUT2D eigenvalue weighted by atomic mass is 19.1. The molecule has 0 heterocycles. The van der Waals surface area contributed by atoms with Crippen LogP contribution in [0.1, 0.15) is 38.3 Å². The minimum absolute atomic E-state index is 0.0627. The van der Waals surface area contributed by atoms with Gasteiger partial charge in [0.05, 0.1) is 0 Å². The van der Waals surface area contributed by atoms with Gasteiger partial charge in [-0.2, -0.15) is 0 Å². The molecule has 1 atom stereocenters. The van der Waals surface area contributed by atoms with E-state index in [0.717, 1.165) is 18.9 Å². The van der Waals surface area contributed by atoms with E-state index in [1.54, 1.807) is 6.07 Å². The summed E-state index contributed by atoms with van der Waals surface area (Å²) >= 11 is 0. The molecule has 0 spiro atoms. The van der Waals surface area contributed by atoms with Crippen molar-refractivity contribution in [1.82, 2.24) is 0 Å². The average molecular weight is 211 g/mol. The largest absolute Gasteiger partial charge is 0.508 e. The van der Waals surface area contributed by atoms with Gasteiger partial charge in [0, 0.05) is 17.7 Å². The second-order valence-electron chi connectivity index (χ2n) is 4.28. The van der Waals surface area contributed by atoms with Crippen LogP contribution in [0, 0.1) is 11.7 Å². The highest BCUT2D eigenvalue weighted by Crippen LogP contribution is 2.23. The van der Waals surface area contributed by atoms with E-state index in [9.17, 15) is 4.39 Å². The van der Waals surface area contributed by atoms with Crippen LogP contribution in [-0.2, 0) is 0 Å². The molecule has 0 unspecified atom stereocenters. The Labute approximate surface area is 89.9 Å². The summed E-state index contributed by atoms with van der Waals surface area (Å²) in [4.78, 5) is 0. The van der Waals surface area contributed by atoms with Crippen molar-refractivity contribution in [1.29, 1.82) is 0 Å². The molecule has 0 aromatic heterocycles. The lowest BCUT2D eigenvalue weighted by molar-refractivity contribution is 0.461. The molecule has 0 aliphatic rings. The molecule has 3 heteroatoms. The van der Waals surface area contributed by atoms with Crippen molar-refractivity contribution in [2.75, 3.05) is 0 Å². The second kappa shape index (κ2) is 5.12. The Balaban J connectivity index is 2.69. The van der Waals surface area contributed by atoms with Crippen molar-refractivity contribution < 1.29 is 9.50 Å². The molecule has 0 radical (unpaired) electrons. The zero-order valence-corrected chi connectivity index (χ0v) is 9.20. The Morgan fingerprint density at radius 1 is 1.33 bits per heavy atom. The zero-order chi connectivity index (χ0) is 11.4. The third-order valence-electron chi connectivity index (χ3n) is 2.44. The van der Waals surface area contributed by atoms with Gasteiger partial charge in [-0.05, 0) is 24.8 Å². The molecule has 0 bridgehead atoms. The first-order valence-corrected chi connectivity index (χ1v) is 5.24. The first kappa shape index (κ1) is 12.0. The van der Waals surface area contributed by atoms with E-state index in [0.29, 0.717) is 11.5 Å². The minimum atomic E-state index is -0.425. The first-order valence-electron chi connectivity index (χ1n) is 5.24. The van der Waals surface area contributed by atoms with E-state index in [2.05, 4.69) is 13.8 Å². The van der Waals surface area contributed by atoms with E-state index >= 15 is 0 Å². The van der Waals surface area contributed by atoms with Gasteiger partial charge in [-0.1, -0.05) is 19.9 Å².